The van der Waals surface area contributed by atoms with Crippen molar-refractivity contribution in [1.82, 2.24) is 10.3 Å². The highest BCUT2D eigenvalue weighted by Crippen LogP contribution is 2.28. The van der Waals surface area contributed by atoms with Crippen molar-refractivity contribution in [3.05, 3.63) is 40.2 Å². The van der Waals surface area contributed by atoms with Crippen molar-refractivity contribution in [1.29, 1.82) is 0 Å². The average molecular weight is 343 g/mol. The maximum Gasteiger partial charge on any atom is 0.326 e. The number of nitrogens with one attached hydrogen (secondary N) is 1. The number of amides is 1. The van der Waals surface area contributed by atoms with Crippen LogP contribution in [0.2, 0.25) is 10.0 Å². The third-order valence-corrected chi connectivity index (χ3v) is 3.65. The Hall–Kier alpha value is -2.05. The van der Waals surface area contributed by atoms with Gasteiger partial charge in [-0.05, 0) is 24.6 Å². The molecule has 6 nitrogen and oxygen atoms in total. The van der Waals surface area contributed by atoms with Gasteiger partial charge in [-0.2, -0.15) is 0 Å². The Morgan fingerprint density at radius 3 is 2.68 bits per heavy atom. The van der Waals surface area contributed by atoms with Crippen LogP contribution in [0.25, 0.3) is 11.5 Å². The number of benzene rings is 1. The van der Waals surface area contributed by atoms with E-state index < -0.39 is 17.9 Å². The lowest BCUT2D eigenvalue weighted by Crippen LogP contribution is -2.40. The molecule has 2 N–H and O–H groups in total. The van der Waals surface area contributed by atoms with Crippen LogP contribution in [0.15, 0.2) is 28.9 Å². The fourth-order valence-corrected chi connectivity index (χ4v) is 2.01. The van der Waals surface area contributed by atoms with Crippen LogP contribution >= 0.6 is 23.2 Å². The second kappa shape index (κ2) is 6.81. The third kappa shape index (κ3) is 3.58. The molecular formula is C14H12Cl2N2O4. The Kier molecular flexibility index (Phi) is 5.05. The van der Waals surface area contributed by atoms with Crippen molar-refractivity contribution in [2.24, 2.45) is 0 Å². The minimum Gasteiger partial charge on any atom is -0.480 e. The number of oxazole rings is 1. The van der Waals surface area contributed by atoms with Crippen LogP contribution in [0.5, 0.6) is 0 Å². The lowest BCUT2D eigenvalue weighted by Gasteiger charge is -2.10. The topological polar surface area (TPSA) is 92.4 Å². The van der Waals surface area contributed by atoms with Crippen molar-refractivity contribution < 1.29 is 19.1 Å². The van der Waals surface area contributed by atoms with Gasteiger partial charge < -0.3 is 14.8 Å². The van der Waals surface area contributed by atoms with Gasteiger partial charge in [0.05, 0.1) is 10.0 Å². The zero-order chi connectivity index (χ0) is 16.3. The van der Waals surface area contributed by atoms with E-state index >= 15 is 0 Å². The first-order valence-corrected chi connectivity index (χ1v) is 7.12. The summed E-state index contributed by atoms with van der Waals surface area (Å²) >= 11 is 11.7. The third-order valence-electron chi connectivity index (χ3n) is 2.92. The summed E-state index contributed by atoms with van der Waals surface area (Å²) in [6.45, 7) is 1.66. The molecule has 1 aromatic carbocycles. The Balaban J connectivity index is 2.18. The van der Waals surface area contributed by atoms with Crippen LogP contribution in [0.3, 0.4) is 0 Å². The van der Waals surface area contributed by atoms with E-state index in [9.17, 15) is 9.59 Å². The van der Waals surface area contributed by atoms with Crippen LogP contribution in [0.4, 0.5) is 0 Å². The summed E-state index contributed by atoms with van der Waals surface area (Å²) < 4.78 is 5.22. The van der Waals surface area contributed by atoms with Crippen molar-refractivity contribution >= 4 is 35.1 Å². The summed E-state index contributed by atoms with van der Waals surface area (Å²) in [6.07, 6.45) is 1.42. The first kappa shape index (κ1) is 16.3. The molecule has 1 amide bonds. The van der Waals surface area contributed by atoms with Gasteiger partial charge in [-0.1, -0.05) is 30.1 Å². The molecular weight excluding hydrogens is 331 g/mol. The molecule has 0 bridgehead atoms. The molecule has 0 spiro atoms. The smallest absolute Gasteiger partial charge is 0.326 e. The van der Waals surface area contributed by atoms with Crippen molar-refractivity contribution in [2.75, 3.05) is 0 Å². The van der Waals surface area contributed by atoms with E-state index in [1.165, 1.54) is 0 Å². The lowest BCUT2D eigenvalue weighted by atomic mass is 10.2. The summed E-state index contributed by atoms with van der Waals surface area (Å²) in [7, 11) is 0. The van der Waals surface area contributed by atoms with Gasteiger partial charge in [0.1, 0.15) is 12.3 Å². The maximum absolute atomic E-state index is 11.9. The number of aromatic nitrogens is 1. The summed E-state index contributed by atoms with van der Waals surface area (Å²) in [5.41, 5.74) is 0.541. The molecule has 0 aliphatic carbocycles. The van der Waals surface area contributed by atoms with E-state index in [0.717, 1.165) is 6.26 Å². The fraction of sp³-hybridized carbons (Fsp3) is 0.214. The second-order valence-corrected chi connectivity index (χ2v) is 5.25. The zero-order valence-electron chi connectivity index (χ0n) is 11.5. The Morgan fingerprint density at radius 1 is 1.36 bits per heavy atom. The van der Waals surface area contributed by atoms with Crippen molar-refractivity contribution in [2.45, 2.75) is 19.4 Å². The fourth-order valence-electron chi connectivity index (χ4n) is 1.71. The molecule has 1 atom stereocenters. The number of carboxylic acid groups (broad SMARTS) is 1. The number of halogens is 2. The van der Waals surface area contributed by atoms with Crippen LogP contribution < -0.4 is 5.32 Å². The van der Waals surface area contributed by atoms with E-state index in [4.69, 9.17) is 32.7 Å². The number of aliphatic carboxylic acids is 1. The van der Waals surface area contributed by atoms with Crippen molar-refractivity contribution in [3.8, 4) is 11.5 Å². The van der Waals surface area contributed by atoms with E-state index in [1.54, 1.807) is 25.1 Å². The number of hydrogen-bond acceptors (Lipinski definition) is 4. The first-order valence-electron chi connectivity index (χ1n) is 6.37. The number of carbonyl (C=O) groups is 2. The molecule has 0 aliphatic heterocycles. The highest BCUT2D eigenvalue weighted by atomic mass is 35.5. The van der Waals surface area contributed by atoms with Crippen LogP contribution in [-0.4, -0.2) is 28.0 Å². The summed E-state index contributed by atoms with van der Waals surface area (Å²) in [6, 6.07) is 3.82. The molecule has 1 aromatic heterocycles. The van der Waals surface area contributed by atoms with Gasteiger partial charge in [-0.3, -0.25) is 4.79 Å². The SMILES string of the molecule is CCC(NC(=O)c1coc(-c2ccc(Cl)c(Cl)c2)n1)C(=O)O. The summed E-state index contributed by atoms with van der Waals surface area (Å²) in [5, 5.41) is 12.0. The highest BCUT2D eigenvalue weighted by Gasteiger charge is 2.21. The monoisotopic (exact) mass is 342 g/mol. The number of carboxylic acids is 1. The molecule has 0 fully saturated rings. The Morgan fingerprint density at radius 2 is 2.09 bits per heavy atom. The van der Waals surface area contributed by atoms with E-state index in [2.05, 4.69) is 10.3 Å². The van der Waals surface area contributed by atoms with Gasteiger partial charge in [-0.25, -0.2) is 9.78 Å². The molecule has 0 saturated heterocycles. The predicted molar refractivity (Wildman–Crippen MR) is 81.1 cm³/mol. The van der Waals surface area contributed by atoms with Gasteiger partial charge in [0.15, 0.2) is 5.69 Å². The standard InChI is InChI=1S/C14H12Cl2N2O4/c1-2-10(14(20)21)17-12(19)11-6-22-13(18-11)7-3-4-8(15)9(16)5-7/h3-6,10H,2H2,1H3,(H,17,19)(H,20,21). The largest absolute Gasteiger partial charge is 0.480 e. The molecule has 0 saturated carbocycles. The number of rotatable bonds is 5. The molecule has 116 valence electrons. The van der Waals surface area contributed by atoms with Gasteiger partial charge in [-0.15, -0.1) is 0 Å². The number of hydrogen-bond donors (Lipinski definition) is 2. The molecule has 1 heterocycles. The average Bonchev–Trinajstić information content (AvgIpc) is 2.97. The van der Waals surface area contributed by atoms with Crippen LogP contribution in [0, 0.1) is 0 Å². The van der Waals surface area contributed by atoms with Crippen LogP contribution in [-0.2, 0) is 4.79 Å². The molecule has 2 rings (SSSR count). The molecule has 1 unspecified atom stereocenters. The molecule has 22 heavy (non-hydrogen) atoms. The van der Waals surface area contributed by atoms with E-state index in [-0.39, 0.29) is 18.0 Å². The second-order valence-electron chi connectivity index (χ2n) is 4.44. The highest BCUT2D eigenvalue weighted by molar-refractivity contribution is 6.42. The van der Waals surface area contributed by atoms with Gasteiger partial charge in [0.2, 0.25) is 5.89 Å². The normalized spacial score (nSPS) is 12.0. The minimum atomic E-state index is -1.11. The van der Waals surface area contributed by atoms with E-state index in [1.807, 2.05) is 0 Å². The minimum absolute atomic E-state index is 0.0132. The van der Waals surface area contributed by atoms with E-state index in [0.29, 0.717) is 15.6 Å². The summed E-state index contributed by atoms with van der Waals surface area (Å²) in [4.78, 5) is 26.9. The number of nitrogens with zero attached hydrogens (tertiary/aromatic N) is 1. The zero-order valence-corrected chi connectivity index (χ0v) is 13.0. The molecule has 8 heteroatoms. The Labute approximate surface area is 136 Å². The van der Waals surface area contributed by atoms with Gasteiger partial charge >= 0.3 is 5.97 Å². The van der Waals surface area contributed by atoms with Gasteiger partial charge in [0.25, 0.3) is 5.91 Å². The maximum atomic E-state index is 11.9. The summed E-state index contributed by atoms with van der Waals surface area (Å²) in [5.74, 6) is -1.54. The number of carbonyl (C=O) groups excluding carboxylic acids is 1. The molecule has 2 aromatic rings. The van der Waals surface area contributed by atoms with Crippen molar-refractivity contribution in [3.63, 3.8) is 0 Å². The Bertz CT molecular complexity index is 715. The molecule has 0 aliphatic rings. The first-order chi connectivity index (χ1) is 10.4. The quantitative estimate of drug-likeness (QED) is 0.869. The van der Waals surface area contributed by atoms with Gasteiger partial charge in [0, 0.05) is 5.56 Å². The predicted octanol–water partition coefficient (Wildman–Crippen LogP) is 3.24. The van der Waals surface area contributed by atoms with Crippen LogP contribution in [0.1, 0.15) is 23.8 Å². The molecule has 0 radical (unpaired) electrons. The lowest BCUT2D eigenvalue weighted by molar-refractivity contribution is -0.139.